The first kappa shape index (κ1) is 10.6. The fourth-order valence-electron chi connectivity index (χ4n) is 1.45. The predicted molar refractivity (Wildman–Crippen MR) is 58.4 cm³/mol. The van der Waals surface area contributed by atoms with Gasteiger partial charge < -0.3 is 5.11 Å². The summed E-state index contributed by atoms with van der Waals surface area (Å²) < 4.78 is 1.49. The van der Waals surface area contributed by atoms with E-state index in [-0.39, 0.29) is 5.56 Å². The molecule has 2 aromatic rings. The van der Waals surface area contributed by atoms with Gasteiger partial charge in [-0.25, -0.2) is 9.78 Å². The summed E-state index contributed by atoms with van der Waals surface area (Å²) >= 11 is 5.67. The van der Waals surface area contributed by atoms with Crippen LogP contribution in [0.25, 0.3) is 11.3 Å². The first-order chi connectivity index (χ1) is 7.59. The van der Waals surface area contributed by atoms with Crippen LogP contribution in [0.5, 0.6) is 0 Å². The van der Waals surface area contributed by atoms with Gasteiger partial charge in [0.25, 0.3) is 0 Å². The van der Waals surface area contributed by atoms with Crippen molar-refractivity contribution in [1.29, 1.82) is 0 Å². The van der Waals surface area contributed by atoms with Crippen molar-refractivity contribution in [2.24, 2.45) is 7.05 Å². The second-order valence-corrected chi connectivity index (χ2v) is 3.59. The Morgan fingerprint density at radius 3 is 2.75 bits per heavy atom. The minimum absolute atomic E-state index is 0.145. The number of aromatic nitrogens is 3. The van der Waals surface area contributed by atoms with Crippen molar-refractivity contribution >= 4 is 17.6 Å². The molecule has 5 nitrogen and oxygen atoms in total. The van der Waals surface area contributed by atoms with Gasteiger partial charge in [0.15, 0.2) is 0 Å². The van der Waals surface area contributed by atoms with E-state index in [1.165, 1.54) is 17.1 Å². The van der Waals surface area contributed by atoms with Gasteiger partial charge in [-0.1, -0.05) is 11.6 Å². The van der Waals surface area contributed by atoms with E-state index in [1.54, 1.807) is 19.2 Å². The van der Waals surface area contributed by atoms with Gasteiger partial charge in [-0.3, -0.25) is 4.68 Å². The van der Waals surface area contributed by atoms with Crippen molar-refractivity contribution in [2.75, 3.05) is 0 Å². The molecular formula is C10H8ClN3O2. The lowest BCUT2D eigenvalue weighted by molar-refractivity contribution is 0.0697. The summed E-state index contributed by atoms with van der Waals surface area (Å²) in [6.07, 6.45) is 2.83. The lowest BCUT2D eigenvalue weighted by Crippen LogP contribution is -2.00. The molecule has 2 aromatic heterocycles. The topological polar surface area (TPSA) is 68.0 Å². The van der Waals surface area contributed by atoms with Crippen LogP contribution < -0.4 is 0 Å². The molecule has 0 fully saturated rings. The molecule has 16 heavy (non-hydrogen) atoms. The quantitative estimate of drug-likeness (QED) is 0.810. The largest absolute Gasteiger partial charge is 0.478 e. The van der Waals surface area contributed by atoms with Crippen molar-refractivity contribution < 1.29 is 9.90 Å². The van der Waals surface area contributed by atoms with E-state index in [1.807, 2.05) is 0 Å². The molecule has 0 aliphatic rings. The lowest BCUT2D eigenvalue weighted by atomic mass is 10.1. The van der Waals surface area contributed by atoms with Crippen LogP contribution in [0, 0.1) is 0 Å². The highest BCUT2D eigenvalue weighted by atomic mass is 35.5. The van der Waals surface area contributed by atoms with E-state index in [9.17, 15) is 4.79 Å². The number of aryl methyl sites for hydroxylation is 1. The SMILES string of the molecule is Cn1ncc(C(=O)O)c1-c1ccc(Cl)nc1. The third-order valence-corrected chi connectivity index (χ3v) is 2.39. The Morgan fingerprint density at radius 2 is 2.19 bits per heavy atom. The van der Waals surface area contributed by atoms with E-state index in [0.717, 1.165) is 0 Å². The van der Waals surface area contributed by atoms with Crippen molar-refractivity contribution in [2.45, 2.75) is 0 Å². The molecule has 0 saturated heterocycles. The fourth-order valence-corrected chi connectivity index (χ4v) is 1.56. The van der Waals surface area contributed by atoms with Crippen LogP contribution in [0.4, 0.5) is 0 Å². The molecule has 0 aliphatic heterocycles. The molecule has 0 atom stereocenters. The van der Waals surface area contributed by atoms with E-state index in [0.29, 0.717) is 16.4 Å². The van der Waals surface area contributed by atoms with Crippen LogP contribution in [0.15, 0.2) is 24.5 Å². The normalized spacial score (nSPS) is 10.4. The number of carbonyl (C=O) groups is 1. The molecule has 0 aliphatic carbocycles. The summed E-state index contributed by atoms with van der Waals surface area (Å²) in [5, 5.41) is 13.3. The smallest absolute Gasteiger partial charge is 0.339 e. The Morgan fingerprint density at radius 1 is 1.44 bits per heavy atom. The van der Waals surface area contributed by atoms with Crippen LogP contribution in [0.3, 0.4) is 0 Å². The molecular weight excluding hydrogens is 230 g/mol. The first-order valence-corrected chi connectivity index (χ1v) is 4.84. The highest BCUT2D eigenvalue weighted by Crippen LogP contribution is 2.23. The van der Waals surface area contributed by atoms with Gasteiger partial charge in [-0.05, 0) is 12.1 Å². The Bertz CT molecular complexity index is 533. The molecule has 0 spiro atoms. The van der Waals surface area contributed by atoms with Gasteiger partial charge in [0.2, 0.25) is 0 Å². The second kappa shape index (κ2) is 3.94. The number of hydrogen-bond donors (Lipinski definition) is 1. The molecule has 0 bridgehead atoms. The molecule has 0 radical (unpaired) electrons. The van der Waals surface area contributed by atoms with Crippen LogP contribution in [-0.2, 0) is 7.05 Å². The number of carboxylic acid groups (broad SMARTS) is 1. The summed E-state index contributed by atoms with van der Waals surface area (Å²) in [5.41, 5.74) is 1.32. The Balaban J connectivity index is 2.58. The lowest BCUT2D eigenvalue weighted by Gasteiger charge is -2.03. The monoisotopic (exact) mass is 237 g/mol. The maximum Gasteiger partial charge on any atom is 0.339 e. The summed E-state index contributed by atoms with van der Waals surface area (Å²) in [4.78, 5) is 14.9. The molecule has 2 rings (SSSR count). The number of pyridine rings is 1. The minimum Gasteiger partial charge on any atom is -0.478 e. The standard InChI is InChI=1S/C10H8ClN3O2/c1-14-9(7(5-13-14)10(15)16)6-2-3-8(11)12-4-6/h2-5H,1H3,(H,15,16). The average molecular weight is 238 g/mol. The minimum atomic E-state index is -1.02. The van der Waals surface area contributed by atoms with E-state index in [4.69, 9.17) is 16.7 Å². The average Bonchev–Trinajstić information content (AvgIpc) is 2.62. The van der Waals surface area contributed by atoms with E-state index in [2.05, 4.69) is 10.1 Å². The fraction of sp³-hybridized carbons (Fsp3) is 0.100. The van der Waals surface area contributed by atoms with Crippen molar-refractivity contribution in [3.63, 3.8) is 0 Å². The second-order valence-electron chi connectivity index (χ2n) is 3.21. The van der Waals surface area contributed by atoms with Gasteiger partial charge in [0.1, 0.15) is 10.7 Å². The van der Waals surface area contributed by atoms with E-state index >= 15 is 0 Å². The van der Waals surface area contributed by atoms with Crippen LogP contribution in [-0.4, -0.2) is 25.8 Å². The first-order valence-electron chi connectivity index (χ1n) is 4.47. The summed E-state index contributed by atoms with van der Waals surface area (Å²) in [6, 6.07) is 3.31. The number of hydrogen-bond acceptors (Lipinski definition) is 3. The zero-order valence-corrected chi connectivity index (χ0v) is 9.14. The zero-order valence-electron chi connectivity index (χ0n) is 8.38. The predicted octanol–water partition coefficient (Wildman–Crippen LogP) is 1.83. The van der Waals surface area contributed by atoms with Gasteiger partial charge >= 0.3 is 5.97 Å². The van der Waals surface area contributed by atoms with Crippen molar-refractivity contribution in [3.8, 4) is 11.3 Å². The van der Waals surface area contributed by atoms with Crippen LogP contribution in [0.2, 0.25) is 5.15 Å². The van der Waals surface area contributed by atoms with Crippen LogP contribution >= 0.6 is 11.6 Å². The number of aromatic carboxylic acids is 1. The summed E-state index contributed by atoms with van der Waals surface area (Å²) in [7, 11) is 1.68. The Labute approximate surface area is 96.3 Å². The molecule has 6 heteroatoms. The molecule has 1 N–H and O–H groups in total. The Kier molecular flexibility index (Phi) is 2.62. The summed E-state index contributed by atoms with van der Waals surface area (Å²) in [5.74, 6) is -1.02. The van der Waals surface area contributed by atoms with E-state index < -0.39 is 5.97 Å². The van der Waals surface area contributed by atoms with Gasteiger partial charge in [-0.15, -0.1) is 0 Å². The van der Waals surface area contributed by atoms with Gasteiger partial charge in [0.05, 0.1) is 11.9 Å². The number of nitrogens with zero attached hydrogens (tertiary/aromatic N) is 3. The molecule has 0 unspecified atom stereocenters. The molecule has 0 amide bonds. The third kappa shape index (κ3) is 1.77. The van der Waals surface area contributed by atoms with Crippen molar-refractivity contribution in [1.82, 2.24) is 14.8 Å². The van der Waals surface area contributed by atoms with Gasteiger partial charge in [0, 0.05) is 18.8 Å². The molecule has 0 saturated carbocycles. The molecule has 82 valence electrons. The molecule has 2 heterocycles. The Hall–Kier alpha value is -1.88. The highest BCUT2D eigenvalue weighted by molar-refractivity contribution is 6.29. The number of halogens is 1. The van der Waals surface area contributed by atoms with Gasteiger partial charge in [-0.2, -0.15) is 5.10 Å². The molecule has 0 aromatic carbocycles. The number of carboxylic acids is 1. The maximum atomic E-state index is 11.0. The number of rotatable bonds is 2. The summed E-state index contributed by atoms with van der Waals surface area (Å²) in [6.45, 7) is 0. The van der Waals surface area contributed by atoms with Crippen molar-refractivity contribution in [3.05, 3.63) is 35.2 Å². The zero-order chi connectivity index (χ0) is 11.7. The van der Waals surface area contributed by atoms with Crippen LogP contribution in [0.1, 0.15) is 10.4 Å². The maximum absolute atomic E-state index is 11.0. The highest BCUT2D eigenvalue weighted by Gasteiger charge is 2.16. The third-order valence-electron chi connectivity index (χ3n) is 2.17.